The van der Waals surface area contributed by atoms with Crippen molar-refractivity contribution < 1.29 is 17.2 Å². The molecule has 0 radical (unpaired) electrons. The average Bonchev–Trinajstić information content (AvgIpc) is 2.70. The first-order chi connectivity index (χ1) is 13.1. The van der Waals surface area contributed by atoms with Crippen molar-refractivity contribution in [2.75, 3.05) is 17.7 Å². The molecule has 27 heavy (non-hydrogen) atoms. The Labute approximate surface area is 164 Å². The molecule has 0 saturated heterocycles. The highest BCUT2D eigenvalue weighted by molar-refractivity contribution is 5.99. The van der Waals surface area contributed by atoms with Crippen molar-refractivity contribution in [2.45, 2.75) is 44.9 Å². The second-order valence-electron chi connectivity index (χ2n) is 6.60. The first-order valence-corrected chi connectivity index (χ1v) is 9.36. The molecule has 0 heterocycles. The van der Waals surface area contributed by atoms with Crippen molar-refractivity contribution in [2.24, 2.45) is 0 Å². The van der Waals surface area contributed by atoms with Crippen LogP contribution >= 0.6 is 0 Å². The number of para-hydroxylation sites is 1. The standard InChI is InChI=1S/C19H22N2O.C3H6O2.2H2/c22-19(20-17-9-5-2-6-10-17)21-18-13-11-16(12-14-18)15-7-3-1-4-8-15;1-3(4)5-2;;/h2,5-6,9-15H,1,3-4,7-8H2,(H2,20,21,22);1-2H3;2*1H. The maximum atomic E-state index is 11.9. The summed E-state index contributed by atoms with van der Waals surface area (Å²) >= 11 is 0. The molecule has 1 aliphatic rings. The molecule has 0 atom stereocenters. The van der Waals surface area contributed by atoms with Crippen molar-refractivity contribution >= 4 is 23.4 Å². The number of benzene rings is 2. The number of methoxy groups -OCH3 is 1. The van der Waals surface area contributed by atoms with Crippen LogP contribution in [0.25, 0.3) is 0 Å². The largest absolute Gasteiger partial charge is 0.469 e. The summed E-state index contributed by atoms with van der Waals surface area (Å²) in [6.45, 7) is 1.36. The number of hydrogen-bond acceptors (Lipinski definition) is 3. The van der Waals surface area contributed by atoms with Crippen LogP contribution in [0.1, 0.15) is 53.4 Å². The van der Waals surface area contributed by atoms with E-state index in [1.807, 2.05) is 42.5 Å². The topological polar surface area (TPSA) is 67.4 Å². The molecule has 2 aromatic carbocycles. The van der Waals surface area contributed by atoms with Gasteiger partial charge in [0, 0.05) is 21.2 Å². The predicted molar refractivity (Wildman–Crippen MR) is 113 cm³/mol. The molecule has 0 aromatic heterocycles. The summed E-state index contributed by atoms with van der Waals surface area (Å²) in [6.07, 6.45) is 6.63. The van der Waals surface area contributed by atoms with Crippen LogP contribution in [0.5, 0.6) is 0 Å². The molecule has 0 spiro atoms. The van der Waals surface area contributed by atoms with Crippen molar-refractivity contribution in [3.63, 3.8) is 0 Å². The van der Waals surface area contributed by atoms with Gasteiger partial charge >= 0.3 is 12.0 Å². The quantitative estimate of drug-likeness (QED) is 0.645. The molecule has 0 aliphatic heterocycles. The van der Waals surface area contributed by atoms with E-state index in [-0.39, 0.29) is 14.9 Å². The molecule has 2 amide bonds. The van der Waals surface area contributed by atoms with Crippen LogP contribution in [-0.4, -0.2) is 19.1 Å². The number of ether oxygens (including phenoxy) is 1. The van der Waals surface area contributed by atoms with Gasteiger partial charge in [-0.15, -0.1) is 0 Å². The highest BCUT2D eigenvalue weighted by Crippen LogP contribution is 2.32. The van der Waals surface area contributed by atoms with E-state index >= 15 is 0 Å². The van der Waals surface area contributed by atoms with Crippen molar-refractivity contribution in [3.05, 3.63) is 60.2 Å². The minimum atomic E-state index is -0.245. The molecule has 1 aliphatic carbocycles. The van der Waals surface area contributed by atoms with Gasteiger partial charge in [0.05, 0.1) is 7.11 Å². The smallest absolute Gasteiger partial charge is 0.323 e. The van der Waals surface area contributed by atoms with Crippen molar-refractivity contribution in [1.29, 1.82) is 0 Å². The number of anilines is 2. The van der Waals surface area contributed by atoms with Gasteiger partial charge in [-0.3, -0.25) is 4.79 Å². The minimum Gasteiger partial charge on any atom is -0.469 e. The normalized spacial score (nSPS) is 13.7. The minimum absolute atomic E-state index is 0. The van der Waals surface area contributed by atoms with Gasteiger partial charge in [-0.1, -0.05) is 49.6 Å². The molecule has 5 heteroatoms. The number of esters is 1. The highest BCUT2D eigenvalue weighted by atomic mass is 16.5. The number of amides is 2. The third kappa shape index (κ3) is 7.52. The molecular formula is C22H32N2O3. The zero-order valence-electron chi connectivity index (χ0n) is 16.0. The second-order valence-corrected chi connectivity index (χ2v) is 6.60. The van der Waals surface area contributed by atoms with E-state index < -0.39 is 0 Å². The molecule has 148 valence electrons. The van der Waals surface area contributed by atoms with Gasteiger partial charge in [-0.25, -0.2) is 4.79 Å². The highest BCUT2D eigenvalue weighted by Gasteiger charge is 2.15. The van der Waals surface area contributed by atoms with Gasteiger partial charge in [0.25, 0.3) is 0 Å². The Morgan fingerprint density at radius 1 is 0.889 bits per heavy atom. The number of nitrogens with one attached hydrogen (secondary N) is 2. The van der Waals surface area contributed by atoms with E-state index in [4.69, 9.17) is 0 Å². The van der Waals surface area contributed by atoms with Gasteiger partial charge in [-0.2, -0.15) is 0 Å². The van der Waals surface area contributed by atoms with Gasteiger partial charge in [0.15, 0.2) is 0 Å². The SMILES string of the molecule is COC(C)=O.O=C(Nc1ccccc1)Nc1ccc(C2CCCCC2)cc1.[HH].[HH]. The lowest BCUT2D eigenvalue weighted by atomic mass is 9.84. The summed E-state index contributed by atoms with van der Waals surface area (Å²) in [5.74, 6) is 0.450. The third-order valence-electron chi connectivity index (χ3n) is 4.56. The summed E-state index contributed by atoms with van der Waals surface area (Å²) in [4.78, 5) is 21.5. The summed E-state index contributed by atoms with van der Waals surface area (Å²) in [7, 11) is 1.35. The first-order valence-electron chi connectivity index (χ1n) is 9.36. The zero-order valence-corrected chi connectivity index (χ0v) is 16.0. The summed E-state index contributed by atoms with van der Waals surface area (Å²) < 4.78 is 4.11. The Bertz CT molecular complexity index is 719. The monoisotopic (exact) mass is 372 g/mol. The predicted octanol–water partition coefficient (Wildman–Crippen LogP) is 6.05. The van der Waals surface area contributed by atoms with Gasteiger partial charge in [0.2, 0.25) is 0 Å². The van der Waals surface area contributed by atoms with E-state index in [1.54, 1.807) is 0 Å². The van der Waals surface area contributed by atoms with E-state index in [1.165, 1.54) is 51.7 Å². The Balaban J connectivity index is 0.00000101. The van der Waals surface area contributed by atoms with Gasteiger partial charge in [0.1, 0.15) is 0 Å². The van der Waals surface area contributed by atoms with Crippen molar-refractivity contribution in [1.82, 2.24) is 0 Å². The Morgan fingerprint density at radius 2 is 1.41 bits per heavy atom. The maximum absolute atomic E-state index is 11.9. The fraction of sp³-hybridized carbons (Fsp3) is 0.364. The van der Waals surface area contributed by atoms with Crippen LogP contribution in [0.15, 0.2) is 54.6 Å². The number of urea groups is 1. The molecule has 2 aromatic rings. The van der Waals surface area contributed by atoms with Gasteiger partial charge in [-0.05, 0) is 48.6 Å². The molecule has 0 bridgehead atoms. The first kappa shape index (κ1) is 20.5. The Morgan fingerprint density at radius 3 is 1.93 bits per heavy atom. The number of carbonyl (C=O) groups excluding carboxylic acids is 2. The summed E-state index contributed by atoms with van der Waals surface area (Å²) in [5.41, 5.74) is 3.01. The number of rotatable bonds is 3. The molecule has 1 fully saturated rings. The average molecular weight is 373 g/mol. The number of hydrogen-bond donors (Lipinski definition) is 2. The van der Waals surface area contributed by atoms with Crippen LogP contribution < -0.4 is 10.6 Å². The lowest BCUT2D eigenvalue weighted by Crippen LogP contribution is -2.19. The Hall–Kier alpha value is -2.82. The molecule has 1 saturated carbocycles. The van der Waals surface area contributed by atoms with Crippen LogP contribution in [0.4, 0.5) is 16.2 Å². The second kappa shape index (κ2) is 11.0. The Kier molecular flexibility index (Phi) is 8.36. The van der Waals surface area contributed by atoms with E-state index in [0.717, 1.165) is 11.4 Å². The van der Waals surface area contributed by atoms with Crippen LogP contribution in [-0.2, 0) is 9.53 Å². The zero-order chi connectivity index (χ0) is 19.5. The van der Waals surface area contributed by atoms with Crippen LogP contribution in [0.3, 0.4) is 0 Å². The molecule has 2 N–H and O–H groups in total. The van der Waals surface area contributed by atoms with E-state index in [9.17, 15) is 9.59 Å². The van der Waals surface area contributed by atoms with Gasteiger partial charge < -0.3 is 15.4 Å². The molecule has 5 nitrogen and oxygen atoms in total. The molecule has 0 unspecified atom stereocenters. The number of carbonyl (C=O) groups is 2. The fourth-order valence-corrected chi connectivity index (χ4v) is 3.09. The fourth-order valence-electron chi connectivity index (χ4n) is 3.09. The summed E-state index contributed by atoms with van der Waals surface area (Å²) in [6, 6.07) is 17.5. The van der Waals surface area contributed by atoms with E-state index in [0.29, 0.717) is 5.92 Å². The third-order valence-corrected chi connectivity index (χ3v) is 4.56. The molecule has 3 rings (SSSR count). The van der Waals surface area contributed by atoms with Crippen LogP contribution in [0.2, 0.25) is 0 Å². The maximum Gasteiger partial charge on any atom is 0.323 e. The lowest BCUT2D eigenvalue weighted by Gasteiger charge is -2.22. The van der Waals surface area contributed by atoms with Crippen molar-refractivity contribution in [3.8, 4) is 0 Å². The lowest BCUT2D eigenvalue weighted by molar-refractivity contribution is -0.137. The summed E-state index contributed by atoms with van der Waals surface area (Å²) in [5, 5.41) is 5.69. The van der Waals surface area contributed by atoms with E-state index in [2.05, 4.69) is 27.5 Å². The molecular weight excluding hydrogens is 340 g/mol. The van der Waals surface area contributed by atoms with Crippen LogP contribution in [0, 0.1) is 0 Å².